The number of carbonyl (C=O) groups excluding carboxylic acids is 1. The maximum Gasteiger partial charge on any atom is 0.255 e. The van der Waals surface area contributed by atoms with Gasteiger partial charge in [-0.15, -0.1) is 0 Å². The summed E-state index contributed by atoms with van der Waals surface area (Å²) in [7, 11) is 1.57. The second-order valence-corrected chi connectivity index (χ2v) is 5.32. The third kappa shape index (κ3) is 3.04. The number of nitrogens with two attached hydrogens (primary N) is 1. The van der Waals surface area contributed by atoms with Crippen molar-refractivity contribution < 1.29 is 14.6 Å². The van der Waals surface area contributed by atoms with E-state index in [2.05, 4.69) is 0 Å². The largest absolute Gasteiger partial charge is 0.497 e. The van der Waals surface area contributed by atoms with E-state index in [1.165, 1.54) is 0 Å². The highest BCUT2D eigenvalue weighted by Gasteiger charge is 2.26. The predicted octanol–water partition coefficient (Wildman–Crippen LogP) is 1.51. The van der Waals surface area contributed by atoms with Gasteiger partial charge in [0.2, 0.25) is 0 Å². The number of benzene rings is 1. The van der Waals surface area contributed by atoms with Crippen molar-refractivity contribution in [2.45, 2.75) is 25.9 Å². The Bertz CT molecular complexity index is 480. The van der Waals surface area contributed by atoms with Crippen LogP contribution in [-0.4, -0.2) is 42.2 Å². The molecule has 2 rings (SSSR count). The molecule has 0 saturated carbocycles. The summed E-state index contributed by atoms with van der Waals surface area (Å²) in [6.07, 6.45) is 1.36. The highest BCUT2D eigenvalue weighted by Crippen LogP contribution is 2.25. The minimum absolute atomic E-state index is 0.0470. The van der Waals surface area contributed by atoms with Crippen molar-refractivity contribution in [2.24, 2.45) is 5.92 Å². The van der Waals surface area contributed by atoms with E-state index in [1.807, 2.05) is 6.92 Å². The summed E-state index contributed by atoms with van der Waals surface area (Å²) in [5.41, 5.74) is 6.86. The summed E-state index contributed by atoms with van der Waals surface area (Å²) in [5, 5.41) is 9.58. The van der Waals surface area contributed by atoms with Gasteiger partial charge in [0, 0.05) is 24.8 Å². The number of carbonyl (C=O) groups is 1. The van der Waals surface area contributed by atoms with Crippen molar-refractivity contribution in [1.29, 1.82) is 0 Å². The number of aliphatic hydroxyl groups is 1. The van der Waals surface area contributed by atoms with Crippen LogP contribution in [0.1, 0.15) is 30.1 Å². The van der Waals surface area contributed by atoms with Gasteiger partial charge in [-0.3, -0.25) is 4.79 Å². The van der Waals surface area contributed by atoms with Crippen LogP contribution in [0.25, 0.3) is 0 Å². The molecule has 20 heavy (non-hydrogen) atoms. The molecule has 5 nitrogen and oxygen atoms in total. The summed E-state index contributed by atoms with van der Waals surface area (Å²) in [6, 6.07) is 5.11. The molecular formula is C15H22N2O3. The van der Waals surface area contributed by atoms with Crippen LogP contribution < -0.4 is 10.5 Å². The molecule has 1 heterocycles. The van der Waals surface area contributed by atoms with E-state index in [1.54, 1.807) is 30.2 Å². The summed E-state index contributed by atoms with van der Waals surface area (Å²) in [6.45, 7) is 3.14. The van der Waals surface area contributed by atoms with Crippen molar-refractivity contribution in [3.63, 3.8) is 0 Å². The fourth-order valence-electron chi connectivity index (χ4n) is 2.62. The number of anilines is 1. The lowest BCUT2D eigenvalue weighted by atomic mass is 9.92. The van der Waals surface area contributed by atoms with Crippen LogP contribution in [0.3, 0.4) is 0 Å². The van der Waals surface area contributed by atoms with Gasteiger partial charge in [0.05, 0.1) is 18.8 Å². The Hall–Kier alpha value is -1.75. The molecule has 1 aromatic rings. The van der Waals surface area contributed by atoms with Crippen LogP contribution in [0.2, 0.25) is 0 Å². The molecule has 0 aromatic heterocycles. The molecule has 3 N–H and O–H groups in total. The number of amides is 1. The van der Waals surface area contributed by atoms with Crippen molar-refractivity contribution in [2.75, 3.05) is 25.9 Å². The minimum Gasteiger partial charge on any atom is -0.497 e. The maximum atomic E-state index is 12.4. The van der Waals surface area contributed by atoms with Gasteiger partial charge in [0.1, 0.15) is 5.75 Å². The van der Waals surface area contributed by atoms with Crippen LogP contribution in [0.4, 0.5) is 5.69 Å². The molecule has 1 saturated heterocycles. The molecule has 1 aliphatic rings. The zero-order valence-electron chi connectivity index (χ0n) is 12.0. The zero-order chi connectivity index (χ0) is 14.7. The number of piperidine rings is 1. The Morgan fingerprint density at radius 2 is 2.10 bits per heavy atom. The number of likely N-dealkylation sites (tertiary alicyclic amines) is 1. The first kappa shape index (κ1) is 14.7. The second-order valence-electron chi connectivity index (χ2n) is 5.32. The SMILES string of the molecule is COc1ccc(C(=O)N2CCC(C(C)O)CC2)c(N)c1. The standard InChI is InChI=1S/C15H22N2O3/c1-10(18)11-5-7-17(8-6-11)15(19)13-4-3-12(20-2)9-14(13)16/h3-4,9-11,18H,5-8,16H2,1-2H3. The lowest BCUT2D eigenvalue weighted by Gasteiger charge is -2.33. The maximum absolute atomic E-state index is 12.4. The van der Waals surface area contributed by atoms with Gasteiger partial charge in [0.25, 0.3) is 5.91 Å². The number of aliphatic hydroxyl groups excluding tert-OH is 1. The minimum atomic E-state index is -0.307. The summed E-state index contributed by atoms with van der Waals surface area (Å²) in [5.74, 6) is 0.883. The molecule has 1 atom stereocenters. The molecule has 5 heteroatoms. The van der Waals surface area contributed by atoms with Crippen LogP contribution in [0.5, 0.6) is 5.75 Å². The van der Waals surface area contributed by atoms with Gasteiger partial charge >= 0.3 is 0 Å². The normalized spacial score (nSPS) is 17.9. The van der Waals surface area contributed by atoms with Gasteiger partial charge in [-0.05, 0) is 37.8 Å². The first-order chi connectivity index (χ1) is 9.52. The molecular weight excluding hydrogens is 256 g/mol. The van der Waals surface area contributed by atoms with Crippen molar-refractivity contribution in [3.8, 4) is 5.75 Å². The first-order valence-electron chi connectivity index (χ1n) is 6.93. The highest BCUT2D eigenvalue weighted by atomic mass is 16.5. The van der Waals surface area contributed by atoms with E-state index in [9.17, 15) is 9.90 Å². The number of rotatable bonds is 3. The molecule has 0 radical (unpaired) electrons. The number of ether oxygens (including phenoxy) is 1. The van der Waals surface area contributed by atoms with Gasteiger partial charge < -0.3 is 20.5 Å². The molecule has 1 aromatic carbocycles. The van der Waals surface area contributed by atoms with E-state index in [0.29, 0.717) is 30.1 Å². The van der Waals surface area contributed by atoms with Crippen LogP contribution in [0.15, 0.2) is 18.2 Å². The number of methoxy groups -OCH3 is 1. The number of nitrogen functional groups attached to an aromatic ring is 1. The van der Waals surface area contributed by atoms with E-state index >= 15 is 0 Å². The molecule has 0 aliphatic carbocycles. The molecule has 110 valence electrons. The van der Waals surface area contributed by atoms with E-state index in [4.69, 9.17) is 10.5 Å². The lowest BCUT2D eigenvalue weighted by Crippen LogP contribution is -2.40. The Morgan fingerprint density at radius 3 is 2.60 bits per heavy atom. The Morgan fingerprint density at radius 1 is 1.45 bits per heavy atom. The van der Waals surface area contributed by atoms with Crippen molar-refractivity contribution in [1.82, 2.24) is 4.90 Å². The third-order valence-electron chi connectivity index (χ3n) is 4.00. The summed E-state index contributed by atoms with van der Waals surface area (Å²) in [4.78, 5) is 14.2. The topological polar surface area (TPSA) is 75.8 Å². The van der Waals surface area contributed by atoms with Crippen LogP contribution >= 0.6 is 0 Å². The van der Waals surface area contributed by atoms with Crippen molar-refractivity contribution >= 4 is 11.6 Å². The van der Waals surface area contributed by atoms with Crippen LogP contribution in [-0.2, 0) is 0 Å². The molecule has 1 amide bonds. The van der Waals surface area contributed by atoms with Crippen LogP contribution in [0, 0.1) is 5.92 Å². The Balaban J connectivity index is 2.05. The van der Waals surface area contributed by atoms with E-state index in [-0.39, 0.29) is 17.9 Å². The first-order valence-corrected chi connectivity index (χ1v) is 6.93. The molecule has 1 fully saturated rings. The predicted molar refractivity (Wildman–Crippen MR) is 77.7 cm³/mol. The number of hydrogen-bond donors (Lipinski definition) is 2. The van der Waals surface area contributed by atoms with E-state index in [0.717, 1.165) is 12.8 Å². The summed E-state index contributed by atoms with van der Waals surface area (Å²) < 4.78 is 5.08. The quantitative estimate of drug-likeness (QED) is 0.822. The molecule has 0 spiro atoms. The van der Waals surface area contributed by atoms with Gasteiger partial charge in [-0.25, -0.2) is 0 Å². The van der Waals surface area contributed by atoms with Crippen molar-refractivity contribution in [3.05, 3.63) is 23.8 Å². The van der Waals surface area contributed by atoms with E-state index < -0.39 is 0 Å². The Kier molecular flexibility index (Phi) is 4.49. The smallest absolute Gasteiger partial charge is 0.255 e. The van der Waals surface area contributed by atoms with Gasteiger partial charge in [-0.2, -0.15) is 0 Å². The average molecular weight is 278 g/mol. The Labute approximate surface area is 119 Å². The molecule has 1 unspecified atom stereocenters. The molecule has 0 bridgehead atoms. The molecule has 1 aliphatic heterocycles. The second kappa shape index (κ2) is 6.13. The number of hydrogen-bond acceptors (Lipinski definition) is 4. The fourth-order valence-corrected chi connectivity index (χ4v) is 2.62. The van der Waals surface area contributed by atoms with Gasteiger partial charge in [-0.1, -0.05) is 0 Å². The fraction of sp³-hybridized carbons (Fsp3) is 0.533. The monoisotopic (exact) mass is 278 g/mol. The zero-order valence-corrected chi connectivity index (χ0v) is 12.0. The third-order valence-corrected chi connectivity index (χ3v) is 4.00. The number of nitrogens with zero attached hydrogens (tertiary/aromatic N) is 1. The average Bonchev–Trinajstić information content (AvgIpc) is 2.46. The van der Waals surface area contributed by atoms with Gasteiger partial charge in [0.15, 0.2) is 0 Å². The lowest BCUT2D eigenvalue weighted by molar-refractivity contribution is 0.0522. The summed E-state index contributed by atoms with van der Waals surface area (Å²) >= 11 is 0. The highest BCUT2D eigenvalue weighted by molar-refractivity contribution is 5.99.